The van der Waals surface area contributed by atoms with Crippen molar-refractivity contribution in [3.05, 3.63) is 39.9 Å². The highest BCUT2D eigenvalue weighted by molar-refractivity contribution is 7.99. The minimum absolute atomic E-state index is 0. The molecule has 1 aromatic rings. The van der Waals surface area contributed by atoms with Gasteiger partial charge in [-0.3, -0.25) is 14.9 Å². The fourth-order valence-electron chi connectivity index (χ4n) is 2.15. The molecule has 1 amide bonds. The Morgan fingerprint density at radius 3 is 2.50 bits per heavy atom. The molecule has 0 radical (unpaired) electrons. The Balaban J connectivity index is 0.00000242. The number of nitrogens with one attached hydrogen (secondary N) is 1. The fraction of sp³-hybridized carbons (Fsp3) is 0.500. The Hall–Kier alpha value is -1.31. The number of hydrogen-bond acceptors (Lipinski definition) is 5. The molecule has 122 valence electrons. The molecule has 0 unspecified atom stereocenters. The zero-order valence-corrected chi connectivity index (χ0v) is 14.0. The third kappa shape index (κ3) is 5.15. The SMILES string of the molecule is C[C@H](NCc1ccc([N+](=O)[O-])cc1)C(=O)N1CCSCC1.Cl. The van der Waals surface area contributed by atoms with Crippen LogP contribution in [0.4, 0.5) is 5.69 Å². The third-order valence-corrected chi connectivity index (χ3v) is 4.40. The molecule has 1 heterocycles. The zero-order valence-electron chi connectivity index (χ0n) is 12.4. The zero-order chi connectivity index (χ0) is 15.2. The molecule has 0 bridgehead atoms. The van der Waals surface area contributed by atoms with Crippen LogP contribution >= 0.6 is 24.2 Å². The van der Waals surface area contributed by atoms with Crippen molar-refractivity contribution in [2.24, 2.45) is 0 Å². The Labute approximate surface area is 140 Å². The Morgan fingerprint density at radius 2 is 1.95 bits per heavy atom. The third-order valence-electron chi connectivity index (χ3n) is 3.45. The van der Waals surface area contributed by atoms with Crippen LogP contribution in [0.25, 0.3) is 0 Å². The van der Waals surface area contributed by atoms with E-state index in [-0.39, 0.29) is 30.0 Å². The van der Waals surface area contributed by atoms with Crippen LogP contribution in [0.5, 0.6) is 0 Å². The first kappa shape index (κ1) is 18.7. The van der Waals surface area contributed by atoms with E-state index in [9.17, 15) is 14.9 Å². The van der Waals surface area contributed by atoms with Crippen LogP contribution in [0, 0.1) is 10.1 Å². The molecule has 0 saturated carbocycles. The Bertz CT molecular complexity index is 507. The Kier molecular flexibility index (Phi) is 7.64. The molecule has 1 atom stereocenters. The normalized spacial score (nSPS) is 15.8. The molecule has 0 aliphatic carbocycles. The number of carbonyl (C=O) groups is 1. The van der Waals surface area contributed by atoms with Crippen molar-refractivity contribution >= 4 is 35.8 Å². The monoisotopic (exact) mass is 345 g/mol. The molecule has 6 nitrogen and oxygen atoms in total. The first-order chi connectivity index (χ1) is 10.1. The molecule has 1 fully saturated rings. The van der Waals surface area contributed by atoms with Crippen molar-refractivity contribution in [2.75, 3.05) is 24.6 Å². The summed E-state index contributed by atoms with van der Waals surface area (Å²) in [5, 5.41) is 13.8. The molecule has 1 saturated heterocycles. The van der Waals surface area contributed by atoms with Crippen LogP contribution in [0.2, 0.25) is 0 Å². The van der Waals surface area contributed by atoms with Gasteiger partial charge in [-0.05, 0) is 12.5 Å². The molecule has 1 aromatic carbocycles. The summed E-state index contributed by atoms with van der Waals surface area (Å²) in [7, 11) is 0. The number of carbonyl (C=O) groups excluding carboxylic acids is 1. The second-order valence-electron chi connectivity index (χ2n) is 4.96. The summed E-state index contributed by atoms with van der Waals surface area (Å²) in [5.41, 5.74) is 1.00. The van der Waals surface area contributed by atoms with Gasteiger partial charge >= 0.3 is 0 Å². The molecule has 1 aliphatic rings. The number of hydrogen-bond donors (Lipinski definition) is 1. The lowest BCUT2D eigenvalue weighted by Gasteiger charge is -2.29. The van der Waals surface area contributed by atoms with Crippen LogP contribution in [0.15, 0.2) is 24.3 Å². The van der Waals surface area contributed by atoms with Crippen LogP contribution in [0.1, 0.15) is 12.5 Å². The van der Waals surface area contributed by atoms with Gasteiger partial charge < -0.3 is 10.2 Å². The van der Waals surface area contributed by atoms with Gasteiger partial charge in [0.25, 0.3) is 5.69 Å². The number of benzene rings is 1. The average molecular weight is 346 g/mol. The summed E-state index contributed by atoms with van der Waals surface area (Å²) in [6.07, 6.45) is 0. The second-order valence-corrected chi connectivity index (χ2v) is 6.19. The molecule has 0 aromatic heterocycles. The van der Waals surface area contributed by atoms with Crippen molar-refractivity contribution in [2.45, 2.75) is 19.5 Å². The number of halogens is 1. The van der Waals surface area contributed by atoms with Gasteiger partial charge in [-0.15, -0.1) is 12.4 Å². The van der Waals surface area contributed by atoms with Crippen LogP contribution in [0.3, 0.4) is 0 Å². The number of thioether (sulfide) groups is 1. The van der Waals surface area contributed by atoms with Crippen LogP contribution in [-0.2, 0) is 11.3 Å². The number of rotatable bonds is 5. The van der Waals surface area contributed by atoms with Gasteiger partial charge in [-0.1, -0.05) is 12.1 Å². The highest BCUT2D eigenvalue weighted by atomic mass is 35.5. The highest BCUT2D eigenvalue weighted by Gasteiger charge is 2.21. The number of nitro groups is 1. The summed E-state index contributed by atoms with van der Waals surface area (Å²) in [5.74, 6) is 2.12. The maximum atomic E-state index is 12.2. The van der Waals surface area contributed by atoms with Crippen molar-refractivity contribution < 1.29 is 9.72 Å². The van der Waals surface area contributed by atoms with Gasteiger partial charge in [-0.2, -0.15) is 11.8 Å². The lowest BCUT2D eigenvalue weighted by atomic mass is 10.2. The van der Waals surface area contributed by atoms with E-state index < -0.39 is 4.92 Å². The van der Waals surface area contributed by atoms with E-state index in [1.54, 1.807) is 12.1 Å². The molecule has 1 aliphatic heterocycles. The first-order valence-electron chi connectivity index (χ1n) is 6.91. The maximum absolute atomic E-state index is 12.2. The summed E-state index contributed by atoms with van der Waals surface area (Å²) in [4.78, 5) is 24.3. The molecule has 1 N–H and O–H groups in total. The molecular formula is C14H20ClN3O3S. The number of non-ortho nitro benzene ring substituents is 1. The minimum Gasteiger partial charge on any atom is -0.340 e. The lowest BCUT2D eigenvalue weighted by molar-refractivity contribution is -0.384. The quantitative estimate of drug-likeness (QED) is 0.653. The van der Waals surface area contributed by atoms with Gasteiger partial charge in [-0.25, -0.2) is 0 Å². The van der Waals surface area contributed by atoms with Gasteiger partial charge in [0.1, 0.15) is 0 Å². The molecular weight excluding hydrogens is 326 g/mol. The summed E-state index contributed by atoms with van der Waals surface area (Å²) in [6, 6.07) is 6.12. The maximum Gasteiger partial charge on any atom is 0.269 e. The van der Waals surface area contributed by atoms with Crippen LogP contribution in [-0.4, -0.2) is 46.4 Å². The highest BCUT2D eigenvalue weighted by Crippen LogP contribution is 2.13. The topological polar surface area (TPSA) is 75.5 Å². The molecule has 22 heavy (non-hydrogen) atoms. The second kappa shape index (κ2) is 8.97. The van der Waals surface area contributed by atoms with Crippen molar-refractivity contribution in [1.82, 2.24) is 10.2 Å². The predicted octanol–water partition coefficient (Wildman–Crippen LogP) is 2.07. The number of nitro benzene ring substituents is 1. The fourth-order valence-corrected chi connectivity index (χ4v) is 3.05. The number of amides is 1. The van der Waals surface area contributed by atoms with Crippen molar-refractivity contribution in [1.29, 1.82) is 0 Å². The van der Waals surface area contributed by atoms with E-state index >= 15 is 0 Å². The standard InChI is InChI=1S/C14H19N3O3S.ClH/c1-11(14(18)16-6-8-21-9-7-16)15-10-12-2-4-13(5-3-12)17(19)20;/h2-5,11,15H,6-10H2,1H3;1H/t11-;/m0./s1. The molecule has 0 spiro atoms. The molecule has 8 heteroatoms. The van der Waals surface area contributed by atoms with Gasteiger partial charge in [0.15, 0.2) is 0 Å². The average Bonchev–Trinajstić information content (AvgIpc) is 2.53. The summed E-state index contributed by atoms with van der Waals surface area (Å²) < 4.78 is 0. The predicted molar refractivity (Wildman–Crippen MR) is 90.6 cm³/mol. The summed E-state index contributed by atoms with van der Waals surface area (Å²) >= 11 is 1.87. The summed E-state index contributed by atoms with van der Waals surface area (Å²) in [6.45, 7) is 4.00. The van der Waals surface area contributed by atoms with E-state index in [0.29, 0.717) is 6.54 Å². The largest absolute Gasteiger partial charge is 0.340 e. The van der Waals surface area contributed by atoms with E-state index in [4.69, 9.17) is 0 Å². The van der Waals surface area contributed by atoms with Gasteiger partial charge in [0.05, 0.1) is 11.0 Å². The van der Waals surface area contributed by atoms with E-state index in [1.165, 1.54) is 12.1 Å². The first-order valence-corrected chi connectivity index (χ1v) is 8.06. The van der Waals surface area contributed by atoms with E-state index in [2.05, 4.69) is 5.32 Å². The van der Waals surface area contributed by atoms with E-state index in [0.717, 1.165) is 30.2 Å². The number of nitrogens with zero attached hydrogens (tertiary/aromatic N) is 2. The van der Waals surface area contributed by atoms with Crippen molar-refractivity contribution in [3.63, 3.8) is 0 Å². The molecule has 2 rings (SSSR count). The smallest absolute Gasteiger partial charge is 0.269 e. The Morgan fingerprint density at radius 1 is 1.36 bits per heavy atom. The van der Waals surface area contributed by atoms with Crippen molar-refractivity contribution in [3.8, 4) is 0 Å². The van der Waals surface area contributed by atoms with Gasteiger partial charge in [0, 0.05) is 43.3 Å². The van der Waals surface area contributed by atoms with E-state index in [1.807, 2.05) is 23.6 Å². The van der Waals surface area contributed by atoms with Gasteiger partial charge in [0.2, 0.25) is 5.91 Å². The minimum atomic E-state index is -0.419. The van der Waals surface area contributed by atoms with Crippen LogP contribution < -0.4 is 5.32 Å². The lowest BCUT2D eigenvalue weighted by Crippen LogP contribution is -2.47.